The van der Waals surface area contributed by atoms with Gasteiger partial charge in [0.05, 0.1) is 15.7 Å². The molecular weight excluding hydrogens is 251 g/mol. The van der Waals surface area contributed by atoms with E-state index in [1.54, 1.807) is 25.2 Å². The highest BCUT2D eigenvalue weighted by Gasteiger charge is 2.14. The Kier molecular flexibility index (Phi) is 4.86. The second-order valence-electron chi connectivity index (χ2n) is 3.16. The van der Waals surface area contributed by atoms with Crippen LogP contribution in [0.15, 0.2) is 18.2 Å². The van der Waals surface area contributed by atoms with Gasteiger partial charge in [-0.2, -0.15) is 0 Å². The number of nitrogens with one attached hydrogen (secondary N) is 2. The number of carboxylic acid groups (broad SMARTS) is 1. The molecule has 4 nitrogen and oxygen atoms in total. The Morgan fingerprint density at radius 3 is 2.75 bits per heavy atom. The predicted molar refractivity (Wildman–Crippen MR) is 65.4 cm³/mol. The van der Waals surface area contributed by atoms with Crippen LogP contribution in [0.1, 0.15) is 0 Å². The topological polar surface area (TPSA) is 61.4 Å². The molecule has 1 aromatic rings. The summed E-state index contributed by atoms with van der Waals surface area (Å²) >= 11 is 11.8. The Bertz CT molecular complexity index is 385. The predicted octanol–water partition coefficient (Wildman–Crippen LogP) is 2.08. The van der Waals surface area contributed by atoms with Crippen molar-refractivity contribution in [2.45, 2.75) is 6.04 Å². The largest absolute Gasteiger partial charge is 0.480 e. The van der Waals surface area contributed by atoms with Crippen molar-refractivity contribution < 1.29 is 9.90 Å². The molecule has 0 spiro atoms. The number of hydrogen-bond acceptors (Lipinski definition) is 3. The normalized spacial score (nSPS) is 12.2. The third-order valence-electron chi connectivity index (χ3n) is 2.09. The Balaban J connectivity index is 2.67. The Hall–Kier alpha value is -0.970. The molecule has 3 N–H and O–H groups in total. The highest BCUT2D eigenvalue weighted by atomic mass is 35.5. The van der Waals surface area contributed by atoms with Crippen LogP contribution in [-0.2, 0) is 4.79 Å². The quantitative estimate of drug-likeness (QED) is 0.761. The molecule has 0 bridgehead atoms. The number of rotatable bonds is 5. The maximum atomic E-state index is 10.7. The summed E-state index contributed by atoms with van der Waals surface area (Å²) in [6, 6.07) is 4.48. The number of carboxylic acids is 1. The number of benzene rings is 1. The minimum absolute atomic E-state index is 0.228. The Morgan fingerprint density at radius 1 is 1.50 bits per heavy atom. The van der Waals surface area contributed by atoms with Crippen molar-refractivity contribution in [2.75, 3.05) is 18.9 Å². The Morgan fingerprint density at radius 2 is 2.19 bits per heavy atom. The van der Waals surface area contributed by atoms with Crippen LogP contribution in [0.25, 0.3) is 0 Å². The van der Waals surface area contributed by atoms with Gasteiger partial charge in [-0.05, 0) is 19.2 Å². The summed E-state index contributed by atoms with van der Waals surface area (Å²) < 4.78 is 0. The minimum atomic E-state index is -0.923. The molecule has 1 rings (SSSR count). The van der Waals surface area contributed by atoms with E-state index in [9.17, 15) is 4.79 Å². The summed E-state index contributed by atoms with van der Waals surface area (Å²) in [6.45, 7) is 0.228. The number of anilines is 1. The molecule has 1 unspecified atom stereocenters. The molecule has 0 aromatic heterocycles. The molecule has 0 heterocycles. The lowest BCUT2D eigenvalue weighted by Crippen LogP contribution is -2.39. The van der Waals surface area contributed by atoms with E-state index in [4.69, 9.17) is 28.3 Å². The molecule has 0 aliphatic heterocycles. The zero-order chi connectivity index (χ0) is 12.1. The van der Waals surface area contributed by atoms with Crippen LogP contribution in [0.5, 0.6) is 0 Å². The second kappa shape index (κ2) is 5.94. The van der Waals surface area contributed by atoms with Crippen LogP contribution in [0, 0.1) is 0 Å². The van der Waals surface area contributed by atoms with Crippen molar-refractivity contribution in [3.8, 4) is 0 Å². The van der Waals surface area contributed by atoms with Gasteiger partial charge in [0, 0.05) is 6.54 Å². The van der Waals surface area contributed by atoms with E-state index in [-0.39, 0.29) is 6.54 Å². The summed E-state index contributed by atoms with van der Waals surface area (Å²) in [5.74, 6) is -0.923. The summed E-state index contributed by atoms with van der Waals surface area (Å²) in [4.78, 5) is 10.7. The lowest BCUT2D eigenvalue weighted by atomic mass is 10.2. The fourth-order valence-corrected chi connectivity index (χ4v) is 1.53. The van der Waals surface area contributed by atoms with Crippen molar-refractivity contribution in [2.24, 2.45) is 0 Å². The van der Waals surface area contributed by atoms with E-state index < -0.39 is 12.0 Å². The van der Waals surface area contributed by atoms with Crippen molar-refractivity contribution in [3.63, 3.8) is 0 Å². The smallest absolute Gasteiger partial charge is 0.322 e. The minimum Gasteiger partial charge on any atom is -0.480 e. The standard InChI is InChI=1S/C10H12Cl2N2O2/c1-13-8(10(15)16)5-14-7-4-2-3-6(11)9(7)12/h2-4,8,13-14H,5H2,1H3,(H,15,16). The van der Waals surface area contributed by atoms with E-state index in [1.165, 1.54) is 0 Å². The van der Waals surface area contributed by atoms with Crippen LogP contribution in [-0.4, -0.2) is 30.7 Å². The van der Waals surface area contributed by atoms with Crippen LogP contribution in [0.4, 0.5) is 5.69 Å². The molecule has 0 amide bonds. The zero-order valence-electron chi connectivity index (χ0n) is 8.63. The van der Waals surface area contributed by atoms with Gasteiger partial charge in [-0.15, -0.1) is 0 Å². The van der Waals surface area contributed by atoms with E-state index in [1.807, 2.05) is 0 Å². The van der Waals surface area contributed by atoms with Gasteiger partial charge in [0.25, 0.3) is 0 Å². The molecule has 16 heavy (non-hydrogen) atoms. The molecule has 1 atom stereocenters. The monoisotopic (exact) mass is 262 g/mol. The third kappa shape index (κ3) is 3.27. The molecule has 0 aliphatic rings. The maximum absolute atomic E-state index is 10.7. The highest BCUT2D eigenvalue weighted by Crippen LogP contribution is 2.29. The summed E-state index contributed by atoms with van der Waals surface area (Å²) in [7, 11) is 1.58. The second-order valence-corrected chi connectivity index (χ2v) is 3.95. The molecule has 0 fully saturated rings. The molecule has 6 heteroatoms. The number of likely N-dealkylation sites (N-methyl/N-ethyl adjacent to an activating group) is 1. The molecule has 0 saturated heterocycles. The first-order valence-electron chi connectivity index (χ1n) is 4.64. The Labute approximate surface area is 104 Å². The van der Waals surface area contributed by atoms with Gasteiger partial charge in [-0.25, -0.2) is 0 Å². The highest BCUT2D eigenvalue weighted by molar-refractivity contribution is 6.43. The number of hydrogen-bond donors (Lipinski definition) is 3. The first-order valence-corrected chi connectivity index (χ1v) is 5.39. The van der Waals surface area contributed by atoms with E-state index in [0.29, 0.717) is 15.7 Å². The van der Waals surface area contributed by atoms with Gasteiger partial charge in [-0.3, -0.25) is 4.79 Å². The van der Waals surface area contributed by atoms with E-state index in [0.717, 1.165) is 0 Å². The fraction of sp³-hybridized carbons (Fsp3) is 0.300. The lowest BCUT2D eigenvalue weighted by Gasteiger charge is -2.14. The number of aliphatic carboxylic acids is 1. The van der Waals surface area contributed by atoms with Gasteiger partial charge < -0.3 is 15.7 Å². The van der Waals surface area contributed by atoms with E-state index >= 15 is 0 Å². The summed E-state index contributed by atoms with van der Waals surface area (Å²) in [6.07, 6.45) is 0. The zero-order valence-corrected chi connectivity index (χ0v) is 10.1. The average molecular weight is 263 g/mol. The number of carbonyl (C=O) groups is 1. The average Bonchev–Trinajstić information content (AvgIpc) is 2.24. The molecular formula is C10H12Cl2N2O2. The van der Waals surface area contributed by atoms with Crippen molar-refractivity contribution in [1.82, 2.24) is 5.32 Å². The molecule has 1 aromatic carbocycles. The van der Waals surface area contributed by atoms with Crippen LogP contribution in [0.2, 0.25) is 10.0 Å². The lowest BCUT2D eigenvalue weighted by molar-refractivity contribution is -0.138. The third-order valence-corrected chi connectivity index (χ3v) is 2.91. The summed E-state index contributed by atoms with van der Waals surface area (Å²) in [5, 5.41) is 15.2. The van der Waals surface area contributed by atoms with Gasteiger partial charge in [0.15, 0.2) is 0 Å². The van der Waals surface area contributed by atoms with Crippen LogP contribution >= 0.6 is 23.2 Å². The molecule has 0 aliphatic carbocycles. The van der Waals surface area contributed by atoms with Gasteiger partial charge in [0.2, 0.25) is 0 Å². The fourth-order valence-electron chi connectivity index (χ4n) is 1.17. The van der Waals surface area contributed by atoms with Gasteiger partial charge in [0.1, 0.15) is 6.04 Å². The van der Waals surface area contributed by atoms with Crippen LogP contribution in [0.3, 0.4) is 0 Å². The van der Waals surface area contributed by atoms with Crippen molar-refractivity contribution >= 4 is 34.9 Å². The first-order chi connectivity index (χ1) is 7.56. The van der Waals surface area contributed by atoms with Gasteiger partial charge >= 0.3 is 5.97 Å². The van der Waals surface area contributed by atoms with Crippen LogP contribution < -0.4 is 10.6 Å². The summed E-state index contributed by atoms with van der Waals surface area (Å²) in [5.41, 5.74) is 0.621. The van der Waals surface area contributed by atoms with E-state index in [2.05, 4.69) is 10.6 Å². The SMILES string of the molecule is CNC(CNc1cccc(Cl)c1Cl)C(=O)O. The molecule has 0 saturated carbocycles. The van der Waals surface area contributed by atoms with Gasteiger partial charge in [-0.1, -0.05) is 29.3 Å². The van der Waals surface area contributed by atoms with Crippen molar-refractivity contribution in [1.29, 1.82) is 0 Å². The molecule has 0 radical (unpaired) electrons. The first kappa shape index (κ1) is 13.1. The number of halogens is 2. The van der Waals surface area contributed by atoms with Crippen molar-refractivity contribution in [3.05, 3.63) is 28.2 Å². The molecule has 88 valence electrons. The maximum Gasteiger partial charge on any atom is 0.322 e.